The molecule has 0 aliphatic heterocycles. The number of anilines is 3. The molecule has 0 bridgehead atoms. The molecule has 0 unspecified atom stereocenters. The van der Waals surface area contributed by atoms with Crippen LogP contribution in [0.4, 0.5) is 20.7 Å². The molecular formula is C21H19N5O2S2. The van der Waals surface area contributed by atoms with Crippen molar-refractivity contribution in [2.75, 3.05) is 16.0 Å². The van der Waals surface area contributed by atoms with Gasteiger partial charge in [-0.3, -0.25) is 15.4 Å². The SMILES string of the molecule is Cc1ccc(NC(=O)Nc2nc(C)c(C(=O)Nc3nc4c(C)cccc4s3)s2)cc1. The normalized spacial score (nSPS) is 10.8. The number of fused-ring (bicyclic) bond motifs is 1. The predicted molar refractivity (Wildman–Crippen MR) is 123 cm³/mol. The molecule has 0 aliphatic rings. The van der Waals surface area contributed by atoms with Crippen LogP contribution in [-0.2, 0) is 0 Å². The predicted octanol–water partition coefficient (Wildman–Crippen LogP) is 5.57. The summed E-state index contributed by atoms with van der Waals surface area (Å²) in [5.74, 6) is -0.297. The molecule has 2 aromatic carbocycles. The maximum absolute atomic E-state index is 12.7. The van der Waals surface area contributed by atoms with Gasteiger partial charge in [0.15, 0.2) is 10.3 Å². The summed E-state index contributed by atoms with van der Waals surface area (Å²) in [4.78, 5) is 34.2. The van der Waals surface area contributed by atoms with Crippen molar-refractivity contribution in [3.8, 4) is 0 Å². The van der Waals surface area contributed by atoms with E-state index in [9.17, 15) is 9.59 Å². The first-order valence-electron chi connectivity index (χ1n) is 9.18. The summed E-state index contributed by atoms with van der Waals surface area (Å²) in [6.45, 7) is 5.70. The monoisotopic (exact) mass is 437 g/mol. The number of aromatic nitrogens is 2. The Balaban J connectivity index is 1.44. The molecule has 0 fully saturated rings. The number of urea groups is 1. The van der Waals surface area contributed by atoms with Crippen LogP contribution in [-0.4, -0.2) is 21.9 Å². The van der Waals surface area contributed by atoms with Crippen molar-refractivity contribution >= 4 is 60.8 Å². The first-order chi connectivity index (χ1) is 14.4. The summed E-state index contributed by atoms with van der Waals surface area (Å²) in [5.41, 5.74) is 4.27. The van der Waals surface area contributed by atoms with Gasteiger partial charge in [-0.2, -0.15) is 0 Å². The quantitative estimate of drug-likeness (QED) is 0.389. The van der Waals surface area contributed by atoms with Crippen LogP contribution < -0.4 is 16.0 Å². The molecule has 30 heavy (non-hydrogen) atoms. The molecule has 9 heteroatoms. The number of rotatable bonds is 4. The van der Waals surface area contributed by atoms with E-state index in [0.29, 0.717) is 26.5 Å². The summed E-state index contributed by atoms with van der Waals surface area (Å²) in [6.07, 6.45) is 0. The third kappa shape index (κ3) is 4.32. The van der Waals surface area contributed by atoms with Crippen LogP contribution in [0, 0.1) is 20.8 Å². The Morgan fingerprint density at radius 3 is 2.30 bits per heavy atom. The molecular weight excluding hydrogens is 418 g/mol. The fraction of sp³-hybridized carbons (Fsp3) is 0.143. The topological polar surface area (TPSA) is 96.0 Å². The summed E-state index contributed by atoms with van der Waals surface area (Å²) >= 11 is 2.54. The Morgan fingerprint density at radius 1 is 0.833 bits per heavy atom. The number of carbonyl (C=O) groups excluding carboxylic acids is 2. The van der Waals surface area contributed by atoms with Crippen LogP contribution in [0.15, 0.2) is 42.5 Å². The van der Waals surface area contributed by atoms with E-state index < -0.39 is 6.03 Å². The average molecular weight is 438 g/mol. The van der Waals surface area contributed by atoms with E-state index in [0.717, 1.165) is 32.7 Å². The third-order valence-corrected chi connectivity index (χ3v) is 6.38. The summed E-state index contributed by atoms with van der Waals surface area (Å²) in [5, 5.41) is 9.14. The molecule has 7 nitrogen and oxygen atoms in total. The van der Waals surface area contributed by atoms with Gasteiger partial charge in [-0.15, -0.1) is 0 Å². The van der Waals surface area contributed by atoms with Gasteiger partial charge < -0.3 is 5.32 Å². The fourth-order valence-corrected chi connectivity index (χ4v) is 4.65. The molecule has 0 radical (unpaired) electrons. The van der Waals surface area contributed by atoms with Crippen molar-refractivity contribution in [2.45, 2.75) is 20.8 Å². The lowest BCUT2D eigenvalue weighted by atomic mass is 10.2. The van der Waals surface area contributed by atoms with Gasteiger partial charge in [0.1, 0.15) is 4.88 Å². The van der Waals surface area contributed by atoms with Gasteiger partial charge in [-0.05, 0) is 44.5 Å². The van der Waals surface area contributed by atoms with Crippen LogP contribution in [0.5, 0.6) is 0 Å². The van der Waals surface area contributed by atoms with Gasteiger partial charge in [-0.1, -0.05) is 52.5 Å². The Bertz CT molecular complexity index is 1240. The highest BCUT2D eigenvalue weighted by Crippen LogP contribution is 2.29. The number of para-hydroxylation sites is 1. The maximum Gasteiger partial charge on any atom is 0.325 e. The second-order valence-corrected chi connectivity index (χ2v) is 8.80. The van der Waals surface area contributed by atoms with Crippen LogP contribution in [0.25, 0.3) is 10.2 Å². The molecule has 0 aliphatic carbocycles. The number of nitrogens with one attached hydrogen (secondary N) is 3. The maximum atomic E-state index is 12.7. The first-order valence-corrected chi connectivity index (χ1v) is 10.8. The summed E-state index contributed by atoms with van der Waals surface area (Å²) in [7, 11) is 0. The number of thiazole rings is 2. The standard InChI is InChI=1S/C21H19N5O2S2/c1-11-7-9-14(10-8-11)23-19(28)26-20-22-13(3)17(30-20)18(27)25-21-24-16-12(2)5-4-6-15(16)29-21/h4-10H,1-3H3,(H,24,25,27)(H2,22,23,26,28). The summed E-state index contributed by atoms with van der Waals surface area (Å²) in [6, 6.07) is 13.0. The molecule has 152 valence electrons. The van der Waals surface area contributed by atoms with Crippen molar-refractivity contribution < 1.29 is 9.59 Å². The van der Waals surface area contributed by atoms with Crippen molar-refractivity contribution in [3.63, 3.8) is 0 Å². The number of benzene rings is 2. The van der Waals surface area contributed by atoms with Crippen molar-refractivity contribution in [2.24, 2.45) is 0 Å². The zero-order valence-electron chi connectivity index (χ0n) is 16.6. The number of hydrogen-bond donors (Lipinski definition) is 3. The van der Waals surface area contributed by atoms with Crippen LogP contribution in [0.2, 0.25) is 0 Å². The van der Waals surface area contributed by atoms with Gasteiger partial charge in [0, 0.05) is 5.69 Å². The number of amides is 3. The van der Waals surface area contributed by atoms with Gasteiger partial charge in [0.2, 0.25) is 0 Å². The van der Waals surface area contributed by atoms with Gasteiger partial charge in [0.25, 0.3) is 5.91 Å². The lowest BCUT2D eigenvalue weighted by Gasteiger charge is -2.05. The van der Waals surface area contributed by atoms with E-state index in [1.54, 1.807) is 6.92 Å². The van der Waals surface area contributed by atoms with Crippen LogP contribution in [0.3, 0.4) is 0 Å². The van der Waals surface area contributed by atoms with Crippen molar-refractivity contribution in [3.05, 3.63) is 64.2 Å². The number of carbonyl (C=O) groups is 2. The molecule has 3 amide bonds. The molecule has 4 aromatic rings. The minimum Gasteiger partial charge on any atom is -0.308 e. The molecule has 0 atom stereocenters. The largest absolute Gasteiger partial charge is 0.325 e. The Kier molecular flexibility index (Phi) is 5.47. The van der Waals surface area contributed by atoms with Crippen LogP contribution >= 0.6 is 22.7 Å². The number of nitrogens with zero attached hydrogens (tertiary/aromatic N) is 2. The molecule has 4 rings (SSSR count). The van der Waals surface area contributed by atoms with Gasteiger partial charge >= 0.3 is 6.03 Å². The van der Waals surface area contributed by atoms with E-state index >= 15 is 0 Å². The van der Waals surface area contributed by atoms with E-state index in [4.69, 9.17) is 0 Å². The van der Waals surface area contributed by atoms with Crippen molar-refractivity contribution in [1.29, 1.82) is 0 Å². The Labute approximate surface area is 181 Å². The molecule has 2 heterocycles. The van der Waals surface area contributed by atoms with E-state index in [1.807, 2.05) is 56.3 Å². The fourth-order valence-electron chi connectivity index (χ4n) is 2.85. The number of hydrogen-bond acceptors (Lipinski definition) is 6. The third-order valence-electron chi connectivity index (χ3n) is 4.37. The molecule has 0 saturated carbocycles. The molecule has 3 N–H and O–H groups in total. The zero-order valence-corrected chi connectivity index (χ0v) is 18.2. The smallest absolute Gasteiger partial charge is 0.308 e. The highest BCUT2D eigenvalue weighted by molar-refractivity contribution is 7.22. The van der Waals surface area contributed by atoms with E-state index in [1.165, 1.54) is 11.3 Å². The highest BCUT2D eigenvalue weighted by Gasteiger charge is 2.18. The second-order valence-electron chi connectivity index (χ2n) is 6.77. The minimum absolute atomic E-state index is 0.297. The lowest BCUT2D eigenvalue weighted by Crippen LogP contribution is -2.19. The highest BCUT2D eigenvalue weighted by atomic mass is 32.1. The lowest BCUT2D eigenvalue weighted by molar-refractivity contribution is 0.103. The average Bonchev–Trinajstić information content (AvgIpc) is 3.27. The number of aryl methyl sites for hydroxylation is 3. The van der Waals surface area contributed by atoms with Crippen molar-refractivity contribution in [1.82, 2.24) is 9.97 Å². The molecule has 0 spiro atoms. The molecule has 2 aromatic heterocycles. The molecule has 0 saturated heterocycles. The zero-order chi connectivity index (χ0) is 21.3. The van der Waals surface area contributed by atoms with E-state index in [-0.39, 0.29) is 5.91 Å². The van der Waals surface area contributed by atoms with Crippen LogP contribution in [0.1, 0.15) is 26.5 Å². The second kappa shape index (κ2) is 8.21. The Hall–Kier alpha value is -3.30. The van der Waals surface area contributed by atoms with E-state index in [2.05, 4.69) is 25.9 Å². The van der Waals surface area contributed by atoms with Gasteiger partial charge in [-0.25, -0.2) is 14.8 Å². The van der Waals surface area contributed by atoms with Gasteiger partial charge in [0.05, 0.1) is 15.9 Å². The Morgan fingerprint density at radius 2 is 1.57 bits per heavy atom. The summed E-state index contributed by atoms with van der Waals surface area (Å²) < 4.78 is 1.02. The minimum atomic E-state index is -0.416. The first kappa shape index (κ1) is 20.0.